The average molecular weight is 290 g/mol. The summed E-state index contributed by atoms with van der Waals surface area (Å²) in [6.45, 7) is 11.4. The molecule has 1 aromatic rings. The summed E-state index contributed by atoms with van der Waals surface area (Å²) in [7, 11) is 0. The normalized spacial score (nSPS) is 18.8. The number of fused-ring (bicyclic) bond motifs is 1. The maximum Gasteiger partial charge on any atom is 0.0954 e. The molecule has 0 aliphatic carbocycles. The number of ether oxygens (including phenoxy) is 1. The van der Waals surface area contributed by atoms with Gasteiger partial charge in [0.2, 0.25) is 0 Å². The highest BCUT2D eigenvalue weighted by Gasteiger charge is 2.26. The van der Waals surface area contributed by atoms with Gasteiger partial charge in [0.15, 0.2) is 0 Å². The van der Waals surface area contributed by atoms with Crippen molar-refractivity contribution in [2.45, 2.75) is 39.7 Å². The van der Waals surface area contributed by atoms with Gasteiger partial charge in [0.1, 0.15) is 0 Å². The Hall–Kier alpha value is -0.900. The van der Waals surface area contributed by atoms with Crippen LogP contribution in [0.25, 0.3) is 0 Å². The van der Waals surface area contributed by atoms with Crippen LogP contribution in [0.2, 0.25) is 0 Å². The van der Waals surface area contributed by atoms with Gasteiger partial charge in [-0.15, -0.1) is 0 Å². The van der Waals surface area contributed by atoms with E-state index in [2.05, 4.69) is 49.9 Å². The monoisotopic (exact) mass is 290 g/mol. The minimum absolute atomic E-state index is 0.156. The Morgan fingerprint density at radius 1 is 1.33 bits per heavy atom. The third kappa shape index (κ3) is 4.53. The van der Waals surface area contributed by atoms with Crippen LogP contribution in [0, 0.1) is 5.41 Å². The van der Waals surface area contributed by atoms with E-state index >= 15 is 0 Å². The Bertz CT molecular complexity index is 445. The van der Waals surface area contributed by atoms with Crippen molar-refractivity contribution in [3.63, 3.8) is 0 Å². The van der Waals surface area contributed by atoms with Crippen LogP contribution in [-0.2, 0) is 11.2 Å². The van der Waals surface area contributed by atoms with Crippen molar-refractivity contribution >= 4 is 0 Å². The van der Waals surface area contributed by atoms with E-state index in [1.165, 1.54) is 11.1 Å². The fourth-order valence-corrected chi connectivity index (χ4v) is 3.08. The topological polar surface area (TPSA) is 38.5 Å². The molecule has 1 aliphatic rings. The molecule has 0 bridgehead atoms. The van der Waals surface area contributed by atoms with Crippen LogP contribution in [0.15, 0.2) is 24.3 Å². The van der Waals surface area contributed by atoms with E-state index in [0.29, 0.717) is 0 Å². The molecule has 0 fully saturated rings. The fraction of sp³-hybridized carbons (Fsp3) is 0.667. The summed E-state index contributed by atoms with van der Waals surface area (Å²) >= 11 is 0. The maximum atomic E-state index is 6.06. The molecule has 2 N–H and O–H groups in total. The molecule has 1 unspecified atom stereocenters. The van der Waals surface area contributed by atoms with E-state index in [1.807, 2.05) is 0 Å². The first-order chi connectivity index (χ1) is 10.1. The van der Waals surface area contributed by atoms with E-state index in [1.54, 1.807) is 0 Å². The first-order valence-corrected chi connectivity index (χ1v) is 8.17. The van der Waals surface area contributed by atoms with Crippen molar-refractivity contribution in [1.82, 2.24) is 4.90 Å². The van der Waals surface area contributed by atoms with Crippen LogP contribution in [0.5, 0.6) is 0 Å². The van der Waals surface area contributed by atoms with E-state index in [-0.39, 0.29) is 11.5 Å². The predicted octanol–water partition coefficient (Wildman–Crippen LogP) is 3.00. The number of hydrogen-bond donors (Lipinski definition) is 1. The van der Waals surface area contributed by atoms with E-state index in [0.717, 1.165) is 45.6 Å². The van der Waals surface area contributed by atoms with Crippen molar-refractivity contribution in [3.05, 3.63) is 35.4 Å². The summed E-state index contributed by atoms with van der Waals surface area (Å²) in [5.41, 5.74) is 8.88. The standard InChI is InChI=1S/C18H30N2O/c1-4-10-20(14-18(2,3)13-19)12-17-16-8-6-5-7-15(16)9-11-21-17/h5-8,17H,4,9-14,19H2,1-3H3. The van der Waals surface area contributed by atoms with E-state index < -0.39 is 0 Å². The molecule has 3 nitrogen and oxygen atoms in total. The highest BCUT2D eigenvalue weighted by Crippen LogP contribution is 2.28. The van der Waals surface area contributed by atoms with Gasteiger partial charge in [0.25, 0.3) is 0 Å². The minimum Gasteiger partial charge on any atom is -0.372 e. The van der Waals surface area contributed by atoms with Gasteiger partial charge in [-0.3, -0.25) is 4.90 Å². The van der Waals surface area contributed by atoms with E-state index in [4.69, 9.17) is 10.5 Å². The highest BCUT2D eigenvalue weighted by molar-refractivity contribution is 5.31. The largest absolute Gasteiger partial charge is 0.372 e. The molecule has 1 aliphatic heterocycles. The van der Waals surface area contributed by atoms with Crippen molar-refractivity contribution < 1.29 is 4.74 Å². The van der Waals surface area contributed by atoms with Crippen LogP contribution >= 0.6 is 0 Å². The van der Waals surface area contributed by atoms with Crippen LogP contribution in [0.4, 0.5) is 0 Å². The molecular formula is C18H30N2O. The molecule has 118 valence electrons. The molecule has 0 saturated heterocycles. The van der Waals surface area contributed by atoms with Crippen molar-refractivity contribution in [2.75, 3.05) is 32.8 Å². The van der Waals surface area contributed by atoms with Gasteiger partial charge in [-0.05, 0) is 42.5 Å². The highest BCUT2D eigenvalue weighted by atomic mass is 16.5. The molecule has 1 aromatic carbocycles. The Labute approximate surface area is 129 Å². The van der Waals surface area contributed by atoms with Gasteiger partial charge in [-0.25, -0.2) is 0 Å². The Kier molecular flexibility index (Phi) is 5.80. The third-order valence-corrected chi connectivity index (χ3v) is 4.26. The molecular weight excluding hydrogens is 260 g/mol. The zero-order valence-corrected chi connectivity index (χ0v) is 13.8. The number of rotatable bonds is 7. The summed E-state index contributed by atoms with van der Waals surface area (Å²) in [6, 6.07) is 8.70. The second kappa shape index (κ2) is 7.39. The first kappa shape index (κ1) is 16.5. The predicted molar refractivity (Wildman–Crippen MR) is 88.4 cm³/mol. The summed E-state index contributed by atoms with van der Waals surface area (Å²) in [4.78, 5) is 2.51. The van der Waals surface area contributed by atoms with Gasteiger partial charge in [-0.1, -0.05) is 45.0 Å². The number of hydrogen-bond acceptors (Lipinski definition) is 3. The van der Waals surface area contributed by atoms with Crippen molar-refractivity contribution in [3.8, 4) is 0 Å². The molecule has 1 atom stereocenters. The zero-order chi connectivity index (χ0) is 15.3. The first-order valence-electron chi connectivity index (χ1n) is 8.17. The van der Waals surface area contributed by atoms with Crippen LogP contribution in [-0.4, -0.2) is 37.7 Å². The van der Waals surface area contributed by atoms with Crippen LogP contribution < -0.4 is 5.73 Å². The smallest absolute Gasteiger partial charge is 0.0954 e. The lowest BCUT2D eigenvalue weighted by Gasteiger charge is -2.35. The number of benzene rings is 1. The molecule has 0 spiro atoms. The SMILES string of the molecule is CCCN(CC1OCCc2ccccc21)CC(C)(C)CN. The number of nitrogens with two attached hydrogens (primary N) is 1. The third-order valence-electron chi connectivity index (χ3n) is 4.26. The van der Waals surface area contributed by atoms with Gasteiger partial charge < -0.3 is 10.5 Å². The second-order valence-electron chi connectivity index (χ2n) is 6.91. The summed E-state index contributed by atoms with van der Waals surface area (Å²) < 4.78 is 6.06. The second-order valence-corrected chi connectivity index (χ2v) is 6.91. The molecule has 0 amide bonds. The van der Waals surface area contributed by atoms with Crippen molar-refractivity contribution in [2.24, 2.45) is 11.1 Å². The minimum atomic E-state index is 0.156. The fourth-order valence-electron chi connectivity index (χ4n) is 3.08. The number of nitrogens with zero attached hydrogens (tertiary/aromatic N) is 1. The van der Waals surface area contributed by atoms with Gasteiger partial charge >= 0.3 is 0 Å². The average Bonchev–Trinajstić information content (AvgIpc) is 2.47. The zero-order valence-electron chi connectivity index (χ0n) is 13.8. The van der Waals surface area contributed by atoms with Crippen LogP contribution in [0.1, 0.15) is 44.4 Å². The molecule has 1 heterocycles. The molecule has 0 saturated carbocycles. The molecule has 21 heavy (non-hydrogen) atoms. The van der Waals surface area contributed by atoms with Crippen LogP contribution in [0.3, 0.4) is 0 Å². The molecule has 2 rings (SSSR count). The lowest BCUT2D eigenvalue weighted by atomic mass is 9.92. The Morgan fingerprint density at radius 3 is 2.81 bits per heavy atom. The molecule has 3 heteroatoms. The van der Waals surface area contributed by atoms with E-state index in [9.17, 15) is 0 Å². The Morgan fingerprint density at radius 2 is 2.10 bits per heavy atom. The Balaban J connectivity index is 2.07. The quantitative estimate of drug-likeness (QED) is 0.839. The van der Waals surface area contributed by atoms with Crippen molar-refractivity contribution in [1.29, 1.82) is 0 Å². The summed E-state index contributed by atoms with van der Waals surface area (Å²) in [5.74, 6) is 0. The molecule has 0 aromatic heterocycles. The lowest BCUT2D eigenvalue weighted by Crippen LogP contribution is -2.41. The summed E-state index contributed by atoms with van der Waals surface area (Å²) in [5, 5.41) is 0. The molecule has 0 radical (unpaired) electrons. The maximum absolute atomic E-state index is 6.06. The van der Waals surface area contributed by atoms with Gasteiger partial charge in [0.05, 0.1) is 12.7 Å². The summed E-state index contributed by atoms with van der Waals surface area (Å²) in [6.07, 6.45) is 2.40. The van der Waals surface area contributed by atoms with Gasteiger partial charge in [0, 0.05) is 13.1 Å². The lowest BCUT2D eigenvalue weighted by molar-refractivity contribution is 0.00882. The van der Waals surface area contributed by atoms with Gasteiger partial charge in [-0.2, -0.15) is 0 Å².